The van der Waals surface area contributed by atoms with E-state index in [9.17, 15) is 10.1 Å². The predicted molar refractivity (Wildman–Crippen MR) is 116 cm³/mol. The quantitative estimate of drug-likeness (QED) is 0.344. The summed E-state index contributed by atoms with van der Waals surface area (Å²) in [5.74, 6) is -2.70. The van der Waals surface area contributed by atoms with Crippen LogP contribution in [0.25, 0.3) is 0 Å². The highest BCUT2D eigenvalue weighted by Gasteiger charge is 2.42. The van der Waals surface area contributed by atoms with Crippen molar-refractivity contribution in [3.8, 4) is 11.8 Å². The third kappa shape index (κ3) is 4.82. The maximum atomic E-state index is 13.3. The van der Waals surface area contributed by atoms with Gasteiger partial charge in [-0.15, -0.1) is 0 Å². The Kier molecular flexibility index (Phi) is 6.76. The van der Waals surface area contributed by atoms with Crippen molar-refractivity contribution in [3.63, 3.8) is 0 Å². The average molecular weight is 420 g/mol. The summed E-state index contributed by atoms with van der Waals surface area (Å²) in [6, 6.07) is 26.7. The topological polar surface area (TPSA) is 59.3 Å². The molecule has 0 amide bonds. The second kappa shape index (κ2) is 9.47. The third-order valence-electron chi connectivity index (χ3n) is 4.70. The fraction of sp³-hybridized carbons (Fsp3) is 0.200. The van der Waals surface area contributed by atoms with Gasteiger partial charge < -0.3 is 9.47 Å². The smallest absolute Gasteiger partial charge is 0.372 e. The van der Waals surface area contributed by atoms with Crippen LogP contribution in [-0.2, 0) is 15.3 Å². The zero-order valence-corrected chi connectivity index (χ0v) is 17.5. The molecule has 30 heavy (non-hydrogen) atoms. The van der Waals surface area contributed by atoms with Crippen molar-refractivity contribution < 1.29 is 14.3 Å². The number of benzene rings is 3. The van der Waals surface area contributed by atoms with E-state index in [0.29, 0.717) is 16.3 Å². The summed E-state index contributed by atoms with van der Waals surface area (Å²) in [6.07, 6.45) is 0. The van der Waals surface area contributed by atoms with Crippen molar-refractivity contribution in [2.24, 2.45) is 5.92 Å². The summed E-state index contributed by atoms with van der Waals surface area (Å²) in [5, 5.41) is 10.7. The van der Waals surface area contributed by atoms with Gasteiger partial charge in [0.15, 0.2) is 6.07 Å². The molecule has 0 aliphatic carbocycles. The van der Waals surface area contributed by atoms with Crippen LogP contribution in [0, 0.1) is 17.2 Å². The molecule has 0 aliphatic heterocycles. The molecule has 0 aliphatic rings. The highest BCUT2D eigenvalue weighted by Crippen LogP contribution is 2.34. The number of para-hydroxylation sites is 1. The molecule has 0 heterocycles. The minimum Gasteiger partial charge on any atom is -0.437 e. The first-order chi connectivity index (χ1) is 14.4. The minimum absolute atomic E-state index is 0.0671. The van der Waals surface area contributed by atoms with Gasteiger partial charge >= 0.3 is 11.8 Å². The van der Waals surface area contributed by atoms with Crippen LogP contribution < -0.4 is 4.74 Å². The van der Waals surface area contributed by atoms with E-state index in [0.717, 1.165) is 5.56 Å². The van der Waals surface area contributed by atoms with Crippen LogP contribution in [0.2, 0.25) is 5.02 Å². The molecule has 0 bridgehead atoms. The fourth-order valence-electron chi connectivity index (χ4n) is 3.23. The number of hydrogen-bond acceptors (Lipinski definition) is 4. The molecule has 2 unspecified atom stereocenters. The van der Waals surface area contributed by atoms with E-state index in [1.807, 2.05) is 26.0 Å². The summed E-state index contributed by atoms with van der Waals surface area (Å²) in [4.78, 5) is 13.3. The standard InChI is InChI=1S/C25H22ClNO3/c1-18(2)23(19-13-15-21(26)16-14-19)24(28)30-25(17-27,20-9-5-3-6-10-20)29-22-11-7-4-8-12-22/h3-16,18,23H,1-2H3. The molecular weight excluding hydrogens is 398 g/mol. The summed E-state index contributed by atoms with van der Waals surface area (Å²) < 4.78 is 11.8. The molecule has 152 valence electrons. The van der Waals surface area contributed by atoms with Gasteiger partial charge in [-0.3, -0.25) is 4.79 Å². The molecule has 5 heteroatoms. The lowest BCUT2D eigenvalue weighted by atomic mass is 9.88. The predicted octanol–water partition coefficient (Wildman–Crippen LogP) is 6.08. The molecule has 3 rings (SSSR count). The van der Waals surface area contributed by atoms with Crippen molar-refractivity contribution in [1.29, 1.82) is 5.26 Å². The number of esters is 1. The van der Waals surface area contributed by atoms with Gasteiger partial charge in [-0.2, -0.15) is 5.26 Å². The van der Waals surface area contributed by atoms with E-state index in [-0.39, 0.29) is 5.92 Å². The molecule has 0 aromatic heterocycles. The van der Waals surface area contributed by atoms with Crippen LogP contribution in [0.15, 0.2) is 84.9 Å². The molecule has 0 radical (unpaired) electrons. The Labute approximate surface area is 181 Å². The van der Waals surface area contributed by atoms with Gasteiger partial charge in [0.2, 0.25) is 0 Å². The van der Waals surface area contributed by atoms with Crippen molar-refractivity contribution in [3.05, 3.63) is 101 Å². The highest BCUT2D eigenvalue weighted by atomic mass is 35.5. The van der Waals surface area contributed by atoms with E-state index < -0.39 is 17.7 Å². The van der Waals surface area contributed by atoms with Gasteiger partial charge in [0.25, 0.3) is 0 Å². The first kappa shape index (κ1) is 21.4. The van der Waals surface area contributed by atoms with E-state index in [1.54, 1.807) is 72.8 Å². The number of hydrogen-bond donors (Lipinski definition) is 0. The van der Waals surface area contributed by atoms with E-state index in [2.05, 4.69) is 6.07 Å². The first-order valence-electron chi connectivity index (χ1n) is 9.64. The van der Waals surface area contributed by atoms with Crippen molar-refractivity contribution in [1.82, 2.24) is 0 Å². The Bertz CT molecular complexity index is 1010. The molecule has 0 saturated carbocycles. The van der Waals surface area contributed by atoms with Gasteiger partial charge in [0.05, 0.1) is 11.5 Å². The van der Waals surface area contributed by atoms with Crippen molar-refractivity contribution in [2.75, 3.05) is 0 Å². The third-order valence-corrected chi connectivity index (χ3v) is 4.95. The number of nitriles is 1. The number of carbonyl (C=O) groups is 1. The van der Waals surface area contributed by atoms with Crippen LogP contribution in [0.4, 0.5) is 0 Å². The van der Waals surface area contributed by atoms with E-state index >= 15 is 0 Å². The van der Waals surface area contributed by atoms with Crippen LogP contribution in [0.5, 0.6) is 5.75 Å². The van der Waals surface area contributed by atoms with Crippen LogP contribution in [-0.4, -0.2) is 5.97 Å². The second-order valence-corrected chi connectivity index (χ2v) is 7.64. The fourth-order valence-corrected chi connectivity index (χ4v) is 3.36. The second-order valence-electron chi connectivity index (χ2n) is 7.20. The summed E-state index contributed by atoms with van der Waals surface area (Å²) >= 11 is 6.00. The maximum absolute atomic E-state index is 13.3. The van der Waals surface area contributed by atoms with Crippen LogP contribution in [0.1, 0.15) is 30.9 Å². The van der Waals surface area contributed by atoms with Crippen molar-refractivity contribution in [2.45, 2.75) is 25.6 Å². The molecule has 4 nitrogen and oxygen atoms in total. The van der Waals surface area contributed by atoms with Gasteiger partial charge in [0.1, 0.15) is 5.75 Å². The Morgan fingerprint density at radius 2 is 1.50 bits per heavy atom. The lowest BCUT2D eigenvalue weighted by Gasteiger charge is -2.30. The monoisotopic (exact) mass is 419 g/mol. The molecule has 2 atom stereocenters. The number of nitrogens with zero attached hydrogens (tertiary/aromatic N) is 1. The highest BCUT2D eigenvalue weighted by molar-refractivity contribution is 6.30. The normalized spacial score (nSPS) is 13.7. The zero-order valence-electron chi connectivity index (χ0n) is 16.8. The van der Waals surface area contributed by atoms with Gasteiger partial charge in [-0.1, -0.05) is 86.1 Å². The molecule has 0 fully saturated rings. The lowest BCUT2D eigenvalue weighted by molar-refractivity contribution is -0.186. The Morgan fingerprint density at radius 3 is 2.03 bits per heavy atom. The zero-order chi connectivity index (χ0) is 21.6. The molecular formula is C25H22ClNO3. The lowest BCUT2D eigenvalue weighted by Crippen LogP contribution is -2.39. The maximum Gasteiger partial charge on any atom is 0.372 e. The Hall–Kier alpha value is -3.29. The van der Waals surface area contributed by atoms with E-state index in [1.165, 1.54) is 0 Å². The Balaban J connectivity index is 2.00. The summed E-state index contributed by atoms with van der Waals surface area (Å²) in [7, 11) is 0. The molecule has 3 aromatic carbocycles. The minimum atomic E-state index is -1.92. The van der Waals surface area contributed by atoms with Crippen molar-refractivity contribution >= 4 is 17.6 Å². The van der Waals surface area contributed by atoms with Gasteiger partial charge in [0, 0.05) is 5.02 Å². The molecule has 0 spiro atoms. The largest absolute Gasteiger partial charge is 0.437 e. The average Bonchev–Trinajstić information content (AvgIpc) is 2.76. The number of halogens is 1. The number of ether oxygens (including phenoxy) is 2. The summed E-state index contributed by atoms with van der Waals surface area (Å²) in [6.45, 7) is 3.85. The summed E-state index contributed by atoms with van der Waals surface area (Å²) in [5.41, 5.74) is 1.20. The first-order valence-corrected chi connectivity index (χ1v) is 10.0. The van der Waals surface area contributed by atoms with Crippen LogP contribution in [0.3, 0.4) is 0 Å². The van der Waals surface area contributed by atoms with Gasteiger partial charge in [-0.25, -0.2) is 0 Å². The van der Waals surface area contributed by atoms with Gasteiger partial charge in [-0.05, 0) is 35.7 Å². The van der Waals surface area contributed by atoms with Crippen LogP contribution >= 0.6 is 11.6 Å². The molecule has 0 saturated heterocycles. The van der Waals surface area contributed by atoms with E-state index in [4.69, 9.17) is 21.1 Å². The number of carbonyl (C=O) groups excluding carboxylic acids is 1. The Morgan fingerprint density at radius 1 is 0.933 bits per heavy atom. The number of rotatable bonds is 7. The molecule has 3 aromatic rings. The molecule has 0 N–H and O–H groups in total. The SMILES string of the molecule is CC(C)C(C(=O)OC(C#N)(Oc1ccccc1)c1ccccc1)c1ccc(Cl)cc1.